The Morgan fingerprint density at radius 3 is 2.65 bits per heavy atom. The number of hydrogen-bond donors (Lipinski definition) is 2. The summed E-state index contributed by atoms with van der Waals surface area (Å²) in [6.45, 7) is 5.12. The molecule has 0 spiro atoms. The fourth-order valence-corrected chi connectivity index (χ4v) is 1.78. The van der Waals surface area contributed by atoms with Gasteiger partial charge in [0.2, 0.25) is 5.88 Å². The average molecular weight is 272 g/mol. The molecule has 0 saturated heterocycles. The van der Waals surface area contributed by atoms with Crippen molar-refractivity contribution in [2.24, 2.45) is 0 Å². The molecule has 106 valence electrons. The Bertz CT molecular complexity index is 557. The van der Waals surface area contributed by atoms with Gasteiger partial charge in [-0.1, -0.05) is 37.3 Å². The van der Waals surface area contributed by atoms with Crippen molar-refractivity contribution in [3.63, 3.8) is 0 Å². The number of ether oxygens (including phenoxy) is 1. The van der Waals surface area contributed by atoms with Gasteiger partial charge in [0.15, 0.2) is 5.82 Å². The van der Waals surface area contributed by atoms with E-state index in [1.54, 1.807) is 0 Å². The molecule has 0 radical (unpaired) electrons. The monoisotopic (exact) mass is 272 g/mol. The lowest BCUT2D eigenvalue weighted by Gasteiger charge is -2.13. The Labute approximate surface area is 119 Å². The Kier molecular flexibility index (Phi) is 4.76. The van der Waals surface area contributed by atoms with Gasteiger partial charge in [-0.05, 0) is 18.9 Å². The highest BCUT2D eigenvalue weighted by molar-refractivity contribution is 5.66. The number of nitrogen functional groups attached to an aromatic ring is 1. The quantitative estimate of drug-likeness (QED) is 0.846. The predicted octanol–water partition coefficient (Wildman–Crippen LogP) is 2.77. The van der Waals surface area contributed by atoms with Crippen LogP contribution in [0, 0.1) is 6.92 Å². The van der Waals surface area contributed by atoms with Crippen molar-refractivity contribution in [2.45, 2.75) is 26.8 Å². The normalized spacial score (nSPS) is 10.3. The molecule has 5 heteroatoms. The van der Waals surface area contributed by atoms with E-state index in [4.69, 9.17) is 10.5 Å². The van der Waals surface area contributed by atoms with Gasteiger partial charge in [0.1, 0.15) is 11.5 Å². The number of benzene rings is 1. The summed E-state index contributed by atoms with van der Waals surface area (Å²) >= 11 is 0. The van der Waals surface area contributed by atoms with Crippen LogP contribution in [-0.2, 0) is 6.54 Å². The van der Waals surface area contributed by atoms with Crippen LogP contribution in [-0.4, -0.2) is 16.6 Å². The summed E-state index contributed by atoms with van der Waals surface area (Å²) in [5.74, 6) is 1.71. The van der Waals surface area contributed by atoms with Crippen molar-refractivity contribution >= 4 is 11.5 Å². The van der Waals surface area contributed by atoms with Gasteiger partial charge in [0.05, 0.1) is 6.61 Å². The summed E-state index contributed by atoms with van der Waals surface area (Å²) in [6.07, 6.45) is 0.912. The largest absolute Gasteiger partial charge is 0.476 e. The van der Waals surface area contributed by atoms with E-state index in [1.807, 2.05) is 44.2 Å². The summed E-state index contributed by atoms with van der Waals surface area (Å²) in [4.78, 5) is 8.56. The summed E-state index contributed by atoms with van der Waals surface area (Å²) in [5, 5.41) is 3.23. The van der Waals surface area contributed by atoms with Gasteiger partial charge in [-0.25, -0.2) is 4.98 Å². The minimum atomic E-state index is 0.454. The molecule has 0 aliphatic carbocycles. The maximum absolute atomic E-state index is 6.04. The van der Waals surface area contributed by atoms with E-state index in [2.05, 4.69) is 15.3 Å². The highest BCUT2D eigenvalue weighted by atomic mass is 16.5. The molecule has 0 fully saturated rings. The lowest BCUT2D eigenvalue weighted by Crippen LogP contribution is -2.10. The third-order valence-corrected chi connectivity index (χ3v) is 2.77. The number of nitrogens with two attached hydrogens (primary N) is 1. The number of aryl methyl sites for hydroxylation is 1. The SMILES string of the molecule is CCCOc1nc(C)nc(NCc2ccccc2)c1N. The van der Waals surface area contributed by atoms with Gasteiger partial charge in [0, 0.05) is 6.54 Å². The molecule has 2 aromatic rings. The topological polar surface area (TPSA) is 73.1 Å². The molecule has 0 atom stereocenters. The smallest absolute Gasteiger partial charge is 0.242 e. The third kappa shape index (κ3) is 3.60. The number of nitrogens with one attached hydrogen (secondary N) is 1. The highest BCUT2D eigenvalue weighted by Crippen LogP contribution is 2.26. The molecule has 0 aliphatic rings. The Morgan fingerprint density at radius 2 is 1.95 bits per heavy atom. The van der Waals surface area contributed by atoms with Crippen LogP contribution < -0.4 is 15.8 Å². The van der Waals surface area contributed by atoms with Crippen molar-refractivity contribution in [3.8, 4) is 5.88 Å². The van der Waals surface area contributed by atoms with Crippen LogP contribution in [0.15, 0.2) is 30.3 Å². The lowest BCUT2D eigenvalue weighted by molar-refractivity contribution is 0.306. The summed E-state index contributed by atoms with van der Waals surface area (Å²) in [7, 11) is 0. The van der Waals surface area contributed by atoms with Crippen molar-refractivity contribution in [1.82, 2.24) is 9.97 Å². The molecule has 2 rings (SSSR count). The fraction of sp³-hybridized carbons (Fsp3) is 0.333. The predicted molar refractivity (Wildman–Crippen MR) is 80.7 cm³/mol. The van der Waals surface area contributed by atoms with Crippen LogP contribution in [0.1, 0.15) is 24.7 Å². The zero-order valence-electron chi connectivity index (χ0n) is 11.9. The van der Waals surface area contributed by atoms with Gasteiger partial charge in [-0.15, -0.1) is 0 Å². The van der Waals surface area contributed by atoms with Crippen molar-refractivity contribution in [3.05, 3.63) is 41.7 Å². The second-order valence-corrected chi connectivity index (χ2v) is 4.53. The Morgan fingerprint density at radius 1 is 1.20 bits per heavy atom. The number of rotatable bonds is 6. The van der Waals surface area contributed by atoms with E-state index >= 15 is 0 Å². The second-order valence-electron chi connectivity index (χ2n) is 4.53. The van der Waals surface area contributed by atoms with Gasteiger partial charge in [-0.3, -0.25) is 0 Å². The van der Waals surface area contributed by atoms with Crippen molar-refractivity contribution < 1.29 is 4.74 Å². The minimum Gasteiger partial charge on any atom is -0.476 e. The lowest BCUT2D eigenvalue weighted by atomic mass is 10.2. The van der Waals surface area contributed by atoms with E-state index in [0.29, 0.717) is 36.4 Å². The first kappa shape index (κ1) is 14.1. The molecule has 0 bridgehead atoms. The molecular weight excluding hydrogens is 252 g/mol. The number of hydrogen-bond acceptors (Lipinski definition) is 5. The molecule has 20 heavy (non-hydrogen) atoms. The molecule has 5 nitrogen and oxygen atoms in total. The van der Waals surface area contributed by atoms with Gasteiger partial charge >= 0.3 is 0 Å². The van der Waals surface area contributed by atoms with Crippen LogP contribution in [0.2, 0.25) is 0 Å². The first-order chi connectivity index (χ1) is 9.70. The van der Waals surface area contributed by atoms with Gasteiger partial charge in [0.25, 0.3) is 0 Å². The average Bonchev–Trinajstić information content (AvgIpc) is 2.47. The van der Waals surface area contributed by atoms with E-state index in [9.17, 15) is 0 Å². The zero-order chi connectivity index (χ0) is 14.4. The molecule has 0 saturated carbocycles. The molecule has 1 aromatic carbocycles. The molecule has 1 heterocycles. The molecule has 0 unspecified atom stereocenters. The zero-order valence-corrected chi connectivity index (χ0v) is 11.9. The molecule has 3 N–H and O–H groups in total. The summed E-state index contributed by atoms with van der Waals surface area (Å²) in [6, 6.07) is 10.1. The third-order valence-electron chi connectivity index (χ3n) is 2.77. The fourth-order valence-electron chi connectivity index (χ4n) is 1.78. The minimum absolute atomic E-state index is 0.454. The van der Waals surface area contributed by atoms with E-state index in [-0.39, 0.29) is 0 Å². The van der Waals surface area contributed by atoms with Crippen molar-refractivity contribution in [2.75, 3.05) is 17.7 Å². The van der Waals surface area contributed by atoms with Crippen LogP contribution in [0.4, 0.5) is 11.5 Å². The van der Waals surface area contributed by atoms with Crippen LogP contribution >= 0.6 is 0 Å². The van der Waals surface area contributed by atoms with Gasteiger partial charge < -0.3 is 15.8 Å². The first-order valence-electron chi connectivity index (χ1n) is 6.75. The number of anilines is 2. The Balaban J connectivity index is 2.12. The summed E-state index contributed by atoms with van der Waals surface area (Å²) < 4.78 is 5.54. The van der Waals surface area contributed by atoms with Crippen LogP contribution in [0.3, 0.4) is 0 Å². The Hall–Kier alpha value is -2.30. The standard InChI is InChI=1S/C15H20N4O/c1-3-9-20-15-13(16)14(18-11(2)19-15)17-10-12-7-5-4-6-8-12/h4-8H,3,9-10,16H2,1-2H3,(H,17,18,19). The molecular formula is C15H20N4O. The molecule has 0 amide bonds. The van der Waals surface area contributed by atoms with E-state index < -0.39 is 0 Å². The first-order valence-corrected chi connectivity index (χ1v) is 6.75. The molecule has 1 aromatic heterocycles. The van der Waals surface area contributed by atoms with Gasteiger partial charge in [-0.2, -0.15) is 4.98 Å². The van der Waals surface area contributed by atoms with Crippen LogP contribution in [0.25, 0.3) is 0 Å². The molecule has 0 aliphatic heterocycles. The number of nitrogens with zero attached hydrogens (tertiary/aromatic N) is 2. The maximum Gasteiger partial charge on any atom is 0.242 e. The maximum atomic E-state index is 6.04. The summed E-state index contributed by atoms with van der Waals surface area (Å²) in [5.41, 5.74) is 7.67. The highest BCUT2D eigenvalue weighted by Gasteiger charge is 2.11. The van der Waals surface area contributed by atoms with Crippen molar-refractivity contribution in [1.29, 1.82) is 0 Å². The van der Waals surface area contributed by atoms with E-state index in [0.717, 1.165) is 6.42 Å². The second kappa shape index (κ2) is 6.75. The van der Waals surface area contributed by atoms with Crippen LogP contribution in [0.5, 0.6) is 5.88 Å². The van der Waals surface area contributed by atoms with E-state index in [1.165, 1.54) is 5.56 Å². The number of aromatic nitrogens is 2.